The highest BCUT2D eigenvalue weighted by atomic mass is 19.1. The molecule has 22 heavy (non-hydrogen) atoms. The van der Waals surface area contributed by atoms with Crippen molar-refractivity contribution in [3.05, 3.63) is 47.2 Å². The fourth-order valence-corrected chi connectivity index (χ4v) is 4.00. The smallest absolute Gasteiger partial charge is 0.135 e. The molecule has 0 radical (unpaired) electrons. The number of aromatic nitrogens is 2. The van der Waals surface area contributed by atoms with Crippen LogP contribution >= 0.6 is 0 Å². The Labute approximate surface area is 126 Å². The highest BCUT2D eigenvalue weighted by Gasteiger charge is 2.50. The van der Waals surface area contributed by atoms with Crippen molar-refractivity contribution in [2.24, 2.45) is 0 Å². The molecular formula is C17H13F2N3. The topological polar surface area (TPSA) is 49.6 Å². The largest absolute Gasteiger partial charge is 0.206 e. The van der Waals surface area contributed by atoms with Gasteiger partial charge in [-0.2, -0.15) is 15.5 Å². The third kappa shape index (κ3) is 1.70. The van der Waals surface area contributed by atoms with Crippen LogP contribution in [0, 0.1) is 23.0 Å². The monoisotopic (exact) mass is 297 g/mol. The van der Waals surface area contributed by atoms with Gasteiger partial charge in [0.1, 0.15) is 11.6 Å². The van der Waals surface area contributed by atoms with Crippen LogP contribution in [0.1, 0.15) is 42.9 Å². The van der Waals surface area contributed by atoms with Gasteiger partial charge in [0.25, 0.3) is 0 Å². The Bertz CT molecular complexity index is 792. The zero-order valence-electron chi connectivity index (χ0n) is 11.8. The van der Waals surface area contributed by atoms with E-state index in [9.17, 15) is 8.78 Å². The number of nitrogens with zero attached hydrogens (tertiary/aromatic N) is 3. The van der Waals surface area contributed by atoms with E-state index in [1.54, 1.807) is 6.07 Å². The Morgan fingerprint density at radius 1 is 1.27 bits per heavy atom. The molecule has 3 nitrogen and oxygen atoms in total. The summed E-state index contributed by atoms with van der Waals surface area (Å²) < 4.78 is 27.8. The molecule has 2 aliphatic carbocycles. The molecule has 0 saturated heterocycles. The van der Waals surface area contributed by atoms with Crippen molar-refractivity contribution in [3.8, 4) is 17.3 Å². The molecule has 4 rings (SSSR count). The van der Waals surface area contributed by atoms with Crippen LogP contribution < -0.4 is 0 Å². The number of halogens is 2. The first-order valence-corrected chi connectivity index (χ1v) is 7.34. The van der Waals surface area contributed by atoms with E-state index >= 15 is 0 Å². The zero-order valence-corrected chi connectivity index (χ0v) is 11.8. The second-order valence-electron chi connectivity index (χ2n) is 6.19. The molecular weight excluding hydrogens is 284 g/mol. The van der Waals surface area contributed by atoms with Gasteiger partial charge in [0.05, 0.1) is 23.0 Å². The molecule has 0 N–H and O–H groups in total. The van der Waals surface area contributed by atoms with Gasteiger partial charge in [-0.25, -0.2) is 8.78 Å². The van der Waals surface area contributed by atoms with E-state index in [0.717, 1.165) is 30.5 Å². The molecule has 0 unspecified atom stereocenters. The molecule has 2 aliphatic rings. The molecule has 2 aromatic rings. The van der Waals surface area contributed by atoms with Crippen LogP contribution in [0.25, 0.3) is 11.3 Å². The Hall–Kier alpha value is -2.35. The fraction of sp³-hybridized carbons (Fsp3) is 0.353. The predicted octanol–water partition coefficient (Wildman–Crippen LogP) is 3.85. The van der Waals surface area contributed by atoms with Crippen molar-refractivity contribution < 1.29 is 8.78 Å². The lowest BCUT2D eigenvalue weighted by Crippen LogP contribution is -2.22. The van der Waals surface area contributed by atoms with Crippen molar-refractivity contribution in [3.63, 3.8) is 0 Å². The number of hydrogen-bond donors (Lipinski definition) is 0. The maximum atomic E-state index is 13.9. The first-order chi connectivity index (χ1) is 10.6. The van der Waals surface area contributed by atoms with Gasteiger partial charge in [0, 0.05) is 11.8 Å². The minimum Gasteiger partial charge on any atom is -0.206 e. The number of rotatable bonds is 2. The summed E-state index contributed by atoms with van der Waals surface area (Å²) in [7, 11) is 0. The van der Waals surface area contributed by atoms with E-state index < -0.39 is 11.6 Å². The lowest BCUT2D eigenvalue weighted by Gasteiger charge is -2.24. The molecule has 1 fully saturated rings. The highest BCUT2D eigenvalue weighted by Crippen LogP contribution is 2.58. The summed E-state index contributed by atoms with van der Waals surface area (Å²) in [5.41, 5.74) is 1.76. The molecule has 0 spiro atoms. The zero-order chi connectivity index (χ0) is 15.3. The second-order valence-corrected chi connectivity index (χ2v) is 6.19. The number of hydrogen-bond acceptors (Lipinski definition) is 3. The average molecular weight is 297 g/mol. The Morgan fingerprint density at radius 2 is 2.05 bits per heavy atom. The minimum absolute atomic E-state index is 0.130. The summed E-state index contributed by atoms with van der Waals surface area (Å²) in [6.07, 6.45) is 3.27. The quantitative estimate of drug-likeness (QED) is 0.846. The van der Waals surface area contributed by atoms with Gasteiger partial charge in [0.2, 0.25) is 0 Å². The van der Waals surface area contributed by atoms with Gasteiger partial charge in [-0.15, -0.1) is 0 Å². The summed E-state index contributed by atoms with van der Waals surface area (Å²) >= 11 is 0. The molecule has 2 atom stereocenters. The van der Waals surface area contributed by atoms with Crippen LogP contribution in [0.5, 0.6) is 0 Å². The van der Waals surface area contributed by atoms with E-state index in [2.05, 4.69) is 16.3 Å². The molecule has 1 heterocycles. The molecule has 0 amide bonds. The van der Waals surface area contributed by atoms with Crippen LogP contribution in [0.4, 0.5) is 8.78 Å². The van der Waals surface area contributed by atoms with E-state index in [4.69, 9.17) is 5.26 Å². The Kier molecular flexibility index (Phi) is 2.77. The third-order valence-corrected chi connectivity index (χ3v) is 5.01. The molecule has 5 heteroatoms. The van der Waals surface area contributed by atoms with Gasteiger partial charge in [-0.05, 0) is 48.9 Å². The Balaban J connectivity index is 1.85. The normalized spacial score (nSPS) is 25.0. The van der Waals surface area contributed by atoms with Crippen molar-refractivity contribution in [1.82, 2.24) is 10.2 Å². The van der Waals surface area contributed by atoms with Gasteiger partial charge in [-0.3, -0.25) is 0 Å². The van der Waals surface area contributed by atoms with E-state index in [1.165, 1.54) is 18.2 Å². The standard InChI is InChI=1S/C17H13F2N3/c18-12-2-1-3-13(19)15(12)14-8-11-10-4-5-17(9-10,6-7-20)16(11)22-21-14/h1-3,8,10H,4-6,9H2/t10-,17-/m1/s1. The van der Waals surface area contributed by atoms with Gasteiger partial charge >= 0.3 is 0 Å². The first-order valence-electron chi connectivity index (χ1n) is 7.34. The third-order valence-electron chi connectivity index (χ3n) is 5.01. The molecule has 1 aromatic heterocycles. The summed E-state index contributed by atoms with van der Waals surface area (Å²) in [5, 5.41) is 17.4. The molecule has 2 bridgehead atoms. The summed E-state index contributed by atoms with van der Waals surface area (Å²) in [5.74, 6) is -0.944. The van der Waals surface area contributed by atoms with Gasteiger partial charge < -0.3 is 0 Å². The SMILES string of the molecule is N#CC[C@]12CC[C@H](C1)c1cc(-c3c(F)cccc3F)nnc12. The van der Waals surface area contributed by atoms with Crippen molar-refractivity contribution in [2.45, 2.75) is 37.0 Å². The van der Waals surface area contributed by atoms with Crippen molar-refractivity contribution in [2.75, 3.05) is 0 Å². The fourth-order valence-electron chi connectivity index (χ4n) is 4.00. The number of fused-ring (bicyclic) bond motifs is 5. The minimum atomic E-state index is -0.635. The number of benzene rings is 1. The summed E-state index contributed by atoms with van der Waals surface area (Å²) in [6.45, 7) is 0. The maximum Gasteiger partial charge on any atom is 0.135 e. The van der Waals surface area contributed by atoms with Gasteiger partial charge in [0.15, 0.2) is 0 Å². The molecule has 1 saturated carbocycles. The van der Waals surface area contributed by atoms with E-state index in [0.29, 0.717) is 12.3 Å². The molecule has 110 valence electrons. The van der Waals surface area contributed by atoms with Crippen LogP contribution in [0.15, 0.2) is 24.3 Å². The highest BCUT2D eigenvalue weighted by molar-refractivity contribution is 5.62. The maximum absolute atomic E-state index is 13.9. The van der Waals surface area contributed by atoms with E-state index in [1.807, 2.05) is 0 Å². The summed E-state index contributed by atoms with van der Waals surface area (Å²) in [4.78, 5) is 0. The summed E-state index contributed by atoms with van der Waals surface area (Å²) in [6, 6.07) is 7.77. The van der Waals surface area contributed by atoms with Gasteiger partial charge in [-0.1, -0.05) is 6.07 Å². The van der Waals surface area contributed by atoms with Crippen LogP contribution in [-0.4, -0.2) is 10.2 Å². The van der Waals surface area contributed by atoms with Crippen molar-refractivity contribution >= 4 is 0 Å². The van der Waals surface area contributed by atoms with Crippen LogP contribution in [0.2, 0.25) is 0 Å². The average Bonchev–Trinajstić information content (AvgIpc) is 3.04. The molecule has 0 aliphatic heterocycles. The predicted molar refractivity (Wildman–Crippen MR) is 75.9 cm³/mol. The van der Waals surface area contributed by atoms with Crippen molar-refractivity contribution in [1.29, 1.82) is 5.26 Å². The lowest BCUT2D eigenvalue weighted by molar-refractivity contribution is 0.446. The molecule has 1 aromatic carbocycles. The Morgan fingerprint density at radius 3 is 2.77 bits per heavy atom. The van der Waals surface area contributed by atoms with Crippen LogP contribution in [0.3, 0.4) is 0 Å². The van der Waals surface area contributed by atoms with E-state index in [-0.39, 0.29) is 16.7 Å². The number of nitriles is 1. The lowest BCUT2D eigenvalue weighted by atomic mass is 9.80. The van der Waals surface area contributed by atoms with Crippen LogP contribution in [-0.2, 0) is 5.41 Å². The second kappa shape index (κ2) is 4.57. The first kappa shape index (κ1) is 13.3.